The average molecular weight is 259 g/mol. The third-order valence-electron chi connectivity index (χ3n) is 3.35. The Morgan fingerprint density at radius 2 is 1.79 bits per heavy atom. The number of hydrogen-bond acceptors (Lipinski definition) is 4. The molecule has 0 bridgehead atoms. The lowest BCUT2D eigenvalue weighted by atomic mass is 10.0. The zero-order valence-electron chi connectivity index (χ0n) is 12.1. The van der Waals surface area contributed by atoms with E-state index < -0.39 is 0 Å². The summed E-state index contributed by atoms with van der Waals surface area (Å²) in [6.07, 6.45) is 0.769. The van der Waals surface area contributed by atoms with E-state index in [2.05, 4.69) is 48.4 Å². The van der Waals surface area contributed by atoms with Crippen LogP contribution in [0, 0.1) is 27.7 Å². The minimum Gasteiger partial charge on any atom is -0.339 e. The second kappa shape index (κ2) is 5.97. The normalized spacial score (nSPS) is 10.9. The summed E-state index contributed by atoms with van der Waals surface area (Å²) in [6, 6.07) is 4.50. The number of benzene rings is 1. The second-order valence-corrected chi connectivity index (χ2v) is 5.03. The highest BCUT2D eigenvalue weighted by molar-refractivity contribution is 5.36. The van der Waals surface area contributed by atoms with E-state index in [-0.39, 0.29) is 0 Å². The van der Waals surface area contributed by atoms with Crippen molar-refractivity contribution in [3.05, 3.63) is 46.1 Å². The highest BCUT2D eigenvalue weighted by Gasteiger charge is 2.04. The zero-order chi connectivity index (χ0) is 13.8. The van der Waals surface area contributed by atoms with Gasteiger partial charge in [-0.15, -0.1) is 0 Å². The van der Waals surface area contributed by atoms with Crippen LogP contribution in [0.4, 0.5) is 0 Å². The summed E-state index contributed by atoms with van der Waals surface area (Å²) in [5, 5.41) is 7.19. The smallest absolute Gasteiger partial charge is 0.227 e. The third kappa shape index (κ3) is 3.64. The highest BCUT2D eigenvalue weighted by Crippen LogP contribution is 2.15. The summed E-state index contributed by atoms with van der Waals surface area (Å²) in [5.74, 6) is 1.39. The van der Waals surface area contributed by atoms with Gasteiger partial charge < -0.3 is 9.84 Å². The Kier molecular flexibility index (Phi) is 4.32. The topological polar surface area (TPSA) is 51.0 Å². The van der Waals surface area contributed by atoms with E-state index in [1.165, 1.54) is 22.3 Å². The van der Waals surface area contributed by atoms with Crippen molar-refractivity contribution in [2.75, 3.05) is 6.54 Å². The molecule has 102 valence electrons. The van der Waals surface area contributed by atoms with Crippen molar-refractivity contribution in [1.29, 1.82) is 0 Å². The van der Waals surface area contributed by atoms with Crippen LogP contribution < -0.4 is 5.32 Å². The van der Waals surface area contributed by atoms with Crippen molar-refractivity contribution in [2.45, 2.75) is 40.7 Å². The summed E-state index contributed by atoms with van der Waals surface area (Å²) < 4.78 is 5.07. The van der Waals surface area contributed by atoms with Crippen LogP contribution in [0.1, 0.15) is 34.0 Å². The maximum atomic E-state index is 5.07. The van der Waals surface area contributed by atoms with E-state index >= 15 is 0 Å². The molecule has 1 aromatic heterocycles. The molecule has 1 N–H and O–H groups in total. The number of aromatic nitrogens is 2. The van der Waals surface area contributed by atoms with Crippen molar-refractivity contribution >= 4 is 0 Å². The summed E-state index contributed by atoms with van der Waals surface area (Å²) in [4.78, 5) is 4.18. The fourth-order valence-electron chi connectivity index (χ4n) is 2.07. The van der Waals surface area contributed by atoms with Crippen LogP contribution >= 0.6 is 0 Å². The first-order valence-corrected chi connectivity index (χ1v) is 6.63. The molecule has 0 aliphatic carbocycles. The van der Waals surface area contributed by atoms with Crippen molar-refractivity contribution in [2.24, 2.45) is 0 Å². The van der Waals surface area contributed by atoms with Crippen LogP contribution in [-0.2, 0) is 13.0 Å². The molecule has 1 heterocycles. The van der Waals surface area contributed by atoms with E-state index in [1.54, 1.807) is 0 Å². The fraction of sp³-hybridized carbons (Fsp3) is 0.467. The van der Waals surface area contributed by atoms with E-state index in [9.17, 15) is 0 Å². The highest BCUT2D eigenvalue weighted by atomic mass is 16.5. The number of nitrogens with one attached hydrogen (secondary N) is 1. The van der Waals surface area contributed by atoms with Gasteiger partial charge in [0.1, 0.15) is 0 Å². The average Bonchev–Trinajstić information content (AvgIpc) is 2.77. The Hall–Kier alpha value is -1.68. The van der Waals surface area contributed by atoms with Gasteiger partial charge in [-0.05, 0) is 49.9 Å². The Bertz CT molecular complexity index is 561. The molecule has 0 amide bonds. The molecular formula is C15H21N3O. The fourth-order valence-corrected chi connectivity index (χ4v) is 2.07. The van der Waals surface area contributed by atoms with Crippen molar-refractivity contribution in [1.82, 2.24) is 15.5 Å². The van der Waals surface area contributed by atoms with Crippen LogP contribution in [0.25, 0.3) is 0 Å². The summed E-state index contributed by atoms with van der Waals surface area (Å²) in [6.45, 7) is 10.0. The maximum absolute atomic E-state index is 5.07. The van der Waals surface area contributed by atoms with Crippen LogP contribution in [0.2, 0.25) is 0 Å². The quantitative estimate of drug-likeness (QED) is 0.839. The monoisotopic (exact) mass is 259 g/mol. The Labute approximate surface area is 114 Å². The molecule has 0 fully saturated rings. The number of aryl methyl sites for hydroxylation is 4. The largest absolute Gasteiger partial charge is 0.339 e. The molecule has 0 atom stereocenters. The molecule has 4 nitrogen and oxygen atoms in total. The molecule has 0 aliphatic heterocycles. The molecular weight excluding hydrogens is 238 g/mol. The van der Waals surface area contributed by atoms with Gasteiger partial charge in [0.2, 0.25) is 5.89 Å². The number of hydrogen-bond donors (Lipinski definition) is 1. The molecule has 0 saturated heterocycles. The summed E-state index contributed by atoms with van der Waals surface area (Å²) in [7, 11) is 0. The predicted molar refractivity (Wildman–Crippen MR) is 75.1 cm³/mol. The van der Waals surface area contributed by atoms with Crippen LogP contribution in [0.15, 0.2) is 16.7 Å². The lowest BCUT2D eigenvalue weighted by Crippen LogP contribution is -2.17. The minimum atomic E-state index is 0.694. The Morgan fingerprint density at radius 3 is 2.47 bits per heavy atom. The summed E-state index contributed by atoms with van der Waals surface area (Å²) in [5.41, 5.74) is 5.38. The summed E-state index contributed by atoms with van der Waals surface area (Å²) >= 11 is 0. The van der Waals surface area contributed by atoms with Gasteiger partial charge in [-0.25, -0.2) is 0 Å². The zero-order valence-corrected chi connectivity index (χ0v) is 12.1. The van der Waals surface area contributed by atoms with Crippen LogP contribution in [0.5, 0.6) is 0 Å². The molecule has 19 heavy (non-hydrogen) atoms. The van der Waals surface area contributed by atoms with E-state index in [1.807, 2.05) is 6.92 Å². The van der Waals surface area contributed by atoms with Gasteiger partial charge >= 0.3 is 0 Å². The van der Waals surface area contributed by atoms with Gasteiger partial charge in [0.15, 0.2) is 5.82 Å². The number of nitrogens with zero attached hydrogens (tertiary/aromatic N) is 2. The standard InChI is InChI=1S/C15H21N3O/c1-10-7-12(3)14(8-11(10)2)9-16-6-5-15-17-13(4)18-19-15/h7-8,16H,5-6,9H2,1-4H3. The Balaban J connectivity index is 1.84. The SMILES string of the molecule is Cc1noc(CCNCc2cc(C)c(C)cc2C)n1. The lowest BCUT2D eigenvalue weighted by Gasteiger charge is -2.10. The molecule has 0 unspecified atom stereocenters. The van der Waals surface area contributed by atoms with Crippen molar-refractivity contribution in [3.8, 4) is 0 Å². The third-order valence-corrected chi connectivity index (χ3v) is 3.35. The first-order chi connectivity index (χ1) is 9.06. The molecule has 4 heteroatoms. The van der Waals surface area contributed by atoms with Crippen molar-refractivity contribution in [3.63, 3.8) is 0 Å². The van der Waals surface area contributed by atoms with Crippen molar-refractivity contribution < 1.29 is 4.52 Å². The maximum Gasteiger partial charge on any atom is 0.227 e. The molecule has 1 aromatic carbocycles. The Morgan fingerprint density at radius 1 is 1.05 bits per heavy atom. The molecule has 0 spiro atoms. The molecule has 2 aromatic rings. The first kappa shape index (κ1) is 13.7. The molecule has 0 aliphatic rings. The van der Waals surface area contributed by atoms with Gasteiger partial charge in [0, 0.05) is 19.5 Å². The van der Waals surface area contributed by atoms with E-state index in [0.29, 0.717) is 11.7 Å². The number of rotatable bonds is 5. The van der Waals surface area contributed by atoms with E-state index in [4.69, 9.17) is 4.52 Å². The second-order valence-electron chi connectivity index (χ2n) is 5.03. The molecule has 0 radical (unpaired) electrons. The van der Waals surface area contributed by atoms with Gasteiger partial charge in [-0.3, -0.25) is 0 Å². The van der Waals surface area contributed by atoms with Crippen LogP contribution in [-0.4, -0.2) is 16.7 Å². The lowest BCUT2D eigenvalue weighted by molar-refractivity contribution is 0.372. The van der Waals surface area contributed by atoms with E-state index in [0.717, 1.165) is 19.5 Å². The first-order valence-electron chi connectivity index (χ1n) is 6.63. The van der Waals surface area contributed by atoms with Crippen LogP contribution in [0.3, 0.4) is 0 Å². The predicted octanol–water partition coefficient (Wildman–Crippen LogP) is 2.64. The molecule has 2 rings (SSSR count). The van der Waals surface area contributed by atoms with Gasteiger partial charge in [0.05, 0.1) is 0 Å². The molecule has 0 saturated carbocycles. The van der Waals surface area contributed by atoms with Gasteiger partial charge in [-0.2, -0.15) is 4.98 Å². The minimum absolute atomic E-state index is 0.694. The van der Waals surface area contributed by atoms with Gasteiger partial charge in [-0.1, -0.05) is 17.3 Å². The van der Waals surface area contributed by atoms with Gasteiger partial charge in [0.25, 0.3) is 0 Å².